The lowest BCUT2D eigenvalue weighted by atomic mass is 10.5. The fraction of sp³-hybridized carbons (Fsp3) is 0.667. The summed E-state index contributed by atoms with van der Waals surface area (Å²) < 4.78 is 25.5. The van der Waals surface area contributed by atoms with E-state index in [1.807, 2.05) is 6.92 Å². The molecule has 1 rings (SSSR count). The van der Waals surface area contributed by atoms with Crippen molar-refractivity contribution in [3.05, 3.63) is 20.7 Å². The highest BCUT2D eigenvalue weighted by Gasteiger charge is 2.09. The Balaban J connectivity index is 2.32. The van der Waals surface area contributed by atoms with Gasteiger partial charge in [-0.05, 0) is 13.0 Å². The van der Waals surface area contributed by atoms with Gasteiger partial charge in [-0.15, -0.1) is 0 Å². The van der Waals surface area contributed by atoms with E-state index in [9.17, 15) is 13.2 Å². The highest BCUT2D eigenvalue weighted by Crippen LogP contribution is 1.96. The smallest absolute Gasteiger partial charge is 0.304 e. The maximum Gasteiger partial charge on any atom is 0.304 e. The third-order valence-corrected chi connectivity index (χ3v) is 4.07. The van der Waals surface area contributed by atoms with Gasteiger partial charge in [-0.2, -0.15) is 0 Å². The molecular formula is C9H17N3O3S2. The van der Waals surface area contributed by atoms with Crippen molar-refractivity contribution in [2.24, 2.45) is 0 Å². The van der Waals surface area contributed by atoms with E-state index in [1.54, 1.807) is 5.38 Å². The molecule has 0 spiro atoms. The van der Waals surface area contributed by atoms with Crippen molar-refractivity contribution < 1.29 is 8.42 Å². The van der Waals surface area contributed by atoms with E-state index >= 15 is 0 Å². The fourth-order valence-electron chi connectivity index (χ4n) is 1.17. The number of aromatic nitrogens is 1. The molecule has 1 heterocycles. The molecular weight excluding hydrogens is 262 g/mol. The molecule has 98 valence electrons. The summed E-state index contributed by atoms with van der Waals surface area (Å²) in [5, 5.41) is 4.63. The topological polar surface area (TPSA) is 91.1 Å². The second-order valence-electron chi connectivity index (χ2n) is 3.56. The van der Waals surface area contributed by atoms with Crippen molar-refractivity contribution in [3.63, 3.8) is 0 Å². The number of aromatic amines is 1. The number of H-pyrrole nitrogens is 1. The van der Waals surface area contributed by atoms with Crippen molar-refractivity contribution in [3.8, 4) is 0 Å². The van der Waals surface area contributed by atoms with Crippen LogP contribution in [0, 0.1) is 0 Å². The van der Waals surface area contributed by atoms with Crippen molar-refractivity contribution in [1.82, 2.24) is 15.0 Å². The SMILES string of the molecule is CCCNCCS(=O)(=O)NCc1csc(=O)[nH]1. The van der Waals surface area contributed by atoms with Gasteiger partial charge in [0.05, 0.1) is 12.3 Å². The minimum absolute atomic E-state index is 0.0430. The summed E-state index contributed by atoms with van der Waals surface area (Å²) in [6.07, 6.45) is 0.976. The molecule has 0 aliphatic rings. The number of thiazole rings is 1. The molecule has 0 fully saturated rings. The number of hydrogen-bond donors (Lipinski definition) is 3. The van der Waals surface area contributed by atoms with Crippen LogP contribution in [0.5, 0.6) is 0 Å². The lowest BCUT2D eigenvalue weighted by Gasteiger charge is -2.06. The van der Waals surface area contributed by atoms with Gasteiger partial charge in [0.1, 0.15) is 0 Å². The van der Waals surface area contributed by atoms with E-state index in [0.717, 1.165) is 24.3 Å². The average molecular weight is 279 g/mol. The standard InChI is InChI=1S/C9H17N3O3S2/c1-2-3-10-4-5-17(14,15)11-6-8-7-16-9(13)12-8/h7,10-11H,2-6H2,1H3,(H,12,13). The molecule has 1 aromatic heterocycles. The van der Waals surface area contributed by atoms with E-state index in [0.29, 0.717) is 12.2 Å². The van der Waals surface area contributed by atoms with Gasteiger partial charge in [0.15, 0.2) is 0 Å². The van der Waals surface area contributed by atoms with Crippen LogP contribution in [0.3, 0.4) is 0 Å². The van der Waals surface area contributed by atoms with E-state index in [1.165, 1.54) is 0 Å². The Kier molecular flexibility index (Phi) is 5.83. The predicted octanol–water partition coefficient (Wildman–Crippen LogP) is -0.145. The van der Waals surface area contributed by atoms with Crippen LogP contribution in [-0.4, -0.2) is 32.2 Å². The first kappa shape index (κ1) is 14.4. The Morgan fingerprint density at radius 1 is 1.41 bits per heavy atom. The van der Waals surface area contributed by atoms with E-state index in [-0.39, 0.29) is 17.2 Å². The second kappa shape index (κ2) is 6.90. The van der Waals surface area contributed by atoms with Gasteiger partial charge in [-0.3, -0.25) is 4.79 Å². The van der Waals surface area contributed by atoms with E-state index in [2.05, 4.69) is 15.0 Å². The zero-order valence-corrected chi connectivity index (χ0v) is 11.3. The van der Waals surface area contributed by atoms with E-state index in [4.69, 9.17) is 0 Å². The van der Waals surface area contributed by atoms with Crippen molar-refractivity contribution in [1.29, 1.82) is 0 Å². The molecule has 0 aliphatic carbocycles. The molecule has 8 heteroatoms. The predicted molar refractivity (Wildman–Crippen MR) is 68.7 cm³/mol. The molecule has 0 bridgehead atoms. The second-order valence-corrected chi connectivity index (χ2v) is 6.33. The Morgan fingerprint density at radius 3 is 2.76 bits per heavy atom. The van der Waals surface area contributed by atoms with Crippen LogP contribution in [0.25, 0.3) is 0 Å². The molecule has 0 atom stereocenters. The molecule has 0 unspecified atom stereocenters. The van der Waals surface area contributed by atoms with Gasteiger partial charge in [0.25, 0.3) is 0 Å². The summed E-state index contributed by atoms with van der Waals surface area (Å²) in [5.74, 6) is 0.0430. The van der Waals surface area contributed by atoms with Gasteiger partial charge in [-0.1, -0.05) is 18.3 Å². The number of sulfonamides is 1. The van der Waals surface area contributed by atoms with Gasteiger partial charge < -0.3 is 10.3 Å². The Morgan fingerprint density at radius 2 is 2.18 bits per heavy atom. The third kappa shape index (κ3) is 5.97. The van der Waals surface area contributed by atoms with Crippen molar-refractivity contribution in [2.45, 2.75) is 19.9 Å². The molecule has 1 aromatic rings. The maximum absolute atomic E-state index is 11.5. The first-order valence-corrected chi connectivity index (χ1v) is 7.91. The lowest BCUT2D eigenvalue weighted by Crippen LogP contribution is -2.32. The normalized spacial score (nSPS) is 11.8. The van der Waals surface area contributed by atoms with Crippen LogP contribution in [0.15, 0.2) is 10.2 Å². The summed E-state index contributed by atoms with van der Waals surface area (Å²) in [4.78, 5) is 13.2. The number of hydrogen-bond acceptors (Lipinski definition) is 5. The molecule has 0 aliphatic heterocycles. The summed E-state index contributed by atoms with van der Waals surface area (Å²) in [6.45, 7) is 3.40. The van der Waals surface area contributed by atoms with Crippen LogP contribution in [0.1, 0.15) is 19.0 Å². The molecule has 6 nitrogen and oxygen atoms in total. The molecule has 0 saturated heterocycles. The highest BCUT2D eigenvalue weighted by atomic mass is 32.2. The van der Waals surface area contributed by atoms with Crippen molar-refractivity contribution >= 4 is 21.4 Å². The highest BCUT2D eigenvalue weighted by molar-refractivity contribution is 7.89. The largest absolute Gasteiger partial charge is 0.316 e. The average Bonchev–Trinajstić information content (AvgIpc) is 2.68. The first-order chi connectivity index (χ1) is 8.03. The van der Waals surface area contributed by atoms with Crippen LogP contribution < -0.4 is 14.9 Å². The fourth-order valence-corrected chi connectivity index (χ4v) is 2.68. The summed E-state index contributed by atoms with van der Waals surface area (Å²) >= 11 is 1.02. The van der Waals surface area contributed by atoms with Gasteiger partial charge in [0.2, 0.25) is 10.0 Å². The number of rotatable bonds is 8. The molecule has 0 saturated carbocycles. The molecule has 0 radical (unpaired) electrons. The summed E-state index contributed by atoms with van der Waals surface area (Å²) in [5.41, 5.74) is 0.588. The maximum atomic E-state index is 11.5. The van der Waals surface area contributed by atoms with Gasteiger partial charge in [-0.25, -0.2) is 13.1 Å². The van der Waals surface area contributed by atoms with Crippen LogP contribution in [-0.2, 0) is 16.6 Å². The van der Waals surface area contributed by atoms with Gasteiger partial charge >= 0.3 is 4.87 Å². The Labute approximate surface area is 105 Å². The number of nitrogens with one attached hydrogen (secondary N) is 3. The minimum atomic E-state index is -3.28. The summed E-state index contributed by atoms with van der Waals surface area (Å²) in [7, 11) is -3.28. The Bertz CT molecular complexity index is 478. The Hall–Kier alpha value is -0.700. The first-order valence-electron chi connectivity index (χ1n) is 5.38. The molecule has 0 amide bonds. The van der Waals surface area contributed by atoms with Crippen LogP contribution >= 0.6 is 11.3 Å². The molecule has 17 heavy (non-hydrogen) atoms. The van der Waals surface area contributed by atoms with E-state index < -0.39 is 10.0 Å². The molecule has 3 N–H and O–H groups in total. The van der Waals surface area contributed by atoms with Crippen LogP contribution in [0.2, 0.25) is 0 Å². The third-order valence-electron chi connectivity index (χ3n) is 2.03. The zero-order chi connectivity index (χ0) is 12.7. The summed E-state index contributed by atoms with van der Waals surface area (Å²) in [6, 6.07) is 0. The van der Waals surface area contributed by atoms with Gasteiger partial charge in [0, 0.05) is 17.6 Å². The monoisotopic (exact) mass is 279 g/mol. The zero-order valence-electron chi connectivity index (χ0n) is 9.65. The quantitative estimate of drug-likeness (QED) is 0.577. The van der Waals surface area contributed by atoms with Crippen LogP contribution in [0.4, 0.5) is 0 Å². The lowest BCUT2D eigenvalue weighted by molar-refractivity contribution is 0.575. The minimum Gasteiger partial charge on any atom is -0.316 e. The molecule has 0 aromatic carbocycles. The van der Waals surface area contributed by atoms with Crippen molar-refractivity contribution in [2.75, 3.05) is 18.8 Å².